The normalized spacial score (nSPS) is 11.9. The summed E-state index contributed by atoms with van der Waals surface area (Å²) >= 11 is 0. The van der Waals surface area contributed by atoms with E-state index in [1.54, 1.807) is 12.1 Å². The Bertz CT molecular complexity index is 1160. The maximum absolute atomic E-state index is 11.4. The summed E-state index contributed by atoms with van der Waals surface area (Å²) in [5, 5.41) is 10.6. The average Bonchev–Trinajstić information content (AvgIpc) is 2.96. The molecule has 0 unspecified atom stereocenters. The third kappa shape index (κ3) is 2.72. The molecule has 0 aliphatic carbocycles. The predicted molar refractivity (Wildman–Crippen MR) is 97.5 cm³/mol. The second-order valence-corrected chi connectivity index (χ2v) is 7.52. The zero-order chi connectivity index (χ0) is 16.7. The number of aromatic amines is 1. The number of H-pyrrole nitrogens is 1. The van der Waals surface area contributed by atoms with Crippen molar-refractivity contribution in [3.05, 3.63) is 60.7 Å². The van der Waals surface area contributed by atoms with Crippen LogP contribution in [0, 0.1) is 0 Å². The molecule has 4 rings (SSSR count). The lowest BCUT2D eigenvalue weighted by Crippen LogP contribution is -2.09. The fourth-order valence-electron chi connectivity index (χ4n) is 2.85. The van der Waals surface area contributed by atoms with E-state index >= 15 is 0 Å². The minimum absolute atomic E-state index is 0.522. The third-order valence-corrected chi connectivity index (χ3v) is 4.50. The standard InChI is InChI=1S/C18H15N3O2S/c1-24(22,23)21-15-8-9-17-16(11-15)18(20-19-17)14-7-6-12-4-2-3-5-13(12)10-14/h2-11,21H,1H3,(H,19,20). The van der Waals surface area contributed by atoms with Gasteiger partial charge in [0.25, 0.3) is 0 Å². The molecular weight excluding hydrogens is 322 g/mol. The highest BCUT2D eigenvalue weighted by Gasteiger charge is 2.11. The molecule has 0 saturated heterocycles. The average molecular weight is 337 g/mol. The van der Waals surface area contributed by atoms with Gasteiger partial charge in [0, 0.05) is 16.6 Å². The van der Waals surface area contributed by atoms with E-state index in [-0.39, 0.29) is 0 Å². The first-order valence-corrected chi connectivity index (χ1v) is 9.34. The summed E-state index contributed by atoms with van der Waals surface area (Å²) < 4.78 is 25.4. The van der Waals surface area contributed by atoms with Crippen molar-refractivity contribution < 1.29 is 8.42 Å². The first-order chi connectivity index (χ1) is 11.5. The Morgan fingerprint density at radius 3 is 2.54 bits per heavy atom. The summed E-state index contributed by atoms with van der Waals surface area (Å²) in [5.41, 5.74) is 3.16. The Kier molecular flexibility index (Phi) is 3.28. The van der Waals surface area contributed by atoms with Crippen LogP contribution in [0.2, 0.25) is 0 Å². The lowest BCUT2D eigenvalue weighted by molar-refractivity contribution is 0.607. The van der Waals surface area contributed by atoms with Crippen LogP contribution in [0.25, 0.3) is 32.9 Å². The van der Waals surface area contributed by atoms with E-state index in [9.17, 15) is 8.42 Å². The number of rotatable bonds is 3. The van der Waals surface area contributed by atoms with E-state index in [1.165, 1.54) is 5.39 Å². The van der Waals surface area contributed by atoms with Crippen molar-refractivity contribution in [1.82, 2.24) is 10.2 Å². The molecule has 0 spiro atoms. The molecule has 0 bridgehead atoms. The monoisotopic (exact) mass is 337 g/mol. The van der Waals surface area contributed by atoms with Crippen molar-refractivity contribution in [2.24, 2.45) is 0 Å². The molecule has 0 saturated carbocycles. The van der Waals surface area contributed by atoms with Gasteiger partial charge < -0.3 is 0 Å². The Morgan fingerprint density at radius 2 is 1.75 bits per heavy atom. The molecule has 3 aromatic carbocycles. The minimum Gasteiger partial charge on any atom is -0.284 e. The summed E-state index contributed by atoms with van der Waals surface area (Å²) in [7, 11) is -3.32. The molecule has 120 valence electrons. The van der Waals surface area contributed by atoms with Crippen LogP contribution in [0.3, 0.4) is 0 Å². The Balaban J connectivity index is 1.87. The van der Waals surface area contributed by atoms with E-state index in [1.807, 2.05) is 24.3 Å². The molecule has 0 radical (unpaired) electrons. The molecule has 0 fully saturated rings. The number of nitrogens with zero attached hydrogens (tertiary/aromatic N) is 1. The maximum atomic E-state index is 11.4. The summed E-state index contributed by atoms with van der Waals surface area (Å²) in [6.45, 7) is 0. The summed E-state index contributed by atoms with van der Waals surface area (Å²) in [6.07, 6.45) is 1.14. The van der Waals surface area contributed by atoms with Crippen molar-refractivity contribution in [2.75, 3.05) is 11.0 Å². The van der Waals surface area contributed by atoms with Gasteiger partial charge in [0.1, 0.15) is 0 Å². The third-order valence-electron chi connectivity index (χ3n) is 3.89. The van der Waals surface area contributed by atoms with E-state index in [4.69, 9.17) is 0 Å². The fourth-order valence-corrected chi connectivity index (χ4v) is 3.40. The van der Waals surface area contributed by atoms with Gasteiger partial charge in [-0.25, -0.2) is 8.42 Å². The maximum Gasteiger partial charge on any atom is 0.229 e. The second-order valence-electron chi connectivity index (χ2n) is 5.77. The van der Waals surface area contributed by atoms with Crippen molar-refractivity contribution in [1.29, 1.82) is 0 Å². The van der Waals surface area contributed by atoms with Crippen LogP contribution < -0.4 is 4.72 Å². The van der Waals surface area contributed by atoms with Gasteiger partial charge in [-0.05, 0) is 35.0 Å². The molecule has 1 heterocycles. The number of anilines is 1. The number of sulfonamides is 1. The zero-order valence-corrected chi connectivity index (χ0v) is 13.8. The number of fused-ring (bicyclic) bond motifs is 2. The topological polar surface area (TPSA) is 74.8 Å². The van der Waals surface area contributed by atoms with Crippen molar-refractivity contribution in [3.63, 3.8) is 0 Å². The van der Waals surface area contributed by atoms with Crippen molar-refractivity contribution >= 4 is 37.4 Å². The van der Waals surface area contributed by atoms with Gasteiger partial charge in [0.05, 0.1) is 17.5 Å². The molecule has 4 aromatic rings. The van der Waals surface area contributed by atoms with Gasteiger partial charge in [-0.15, -0.1) is 0 Å². The van der Waals surface area contributed by atoms with Crippen LogP contribution in [0.15, 0.2) is 60.7 Å². The molecule has 0 amide bonds. The molecule has 0 aliphatic rings. The van der Waals surface area contributed by atoms with E-state index in [2.05, 4.69) is 39.2 Å². The van der Waals surface area contributed by atoms with Gasteiger partial charge >= 0.3 is 0 Å². The molecule has 1 aromatic heterocycles. The lowest BCUT2D eigenvalue weighted by atomic mass is 10.0. The van der Waals surface area contributed by atoms with Gasteiger partial charge in [0.15, 0.2) is 0 Å². The Morgan fingerprint density at radius 1 is 0.958 bits per heavy atom. The van der Waals surface area contributed by atoms with Crippen molar-refractivity contribution in [3.8, 4) is 11.3 Å². The van der Waals surface area contributed by atoms with Crippen LogP contribution in [0.1, 0.15) is 0 Å². The number of benzene rings is 3. The van der Waals surface area contributed by atoms with Gasteiger partial charge in [-0.2, -0.15) is 5.10 Å². The zero-order valence-electron chi connectivity index (χ0n) is 12.9. The fraction of sp³-hybridized carbons (Fsp3) is 0.0556. The van der Waals surface area contributed by atoms with Gasteiger partial charge in [-0.3, -0.25) is 9.82 Å². The first kappa shape index (κ1) is 14.7. The second kappa shape index (κ2) is 5.35. The summed E-state index contributed by atoms with van der Waals surface area (Å²) in [4.78, 5) is 0. The predicted octanol–water partition coefficient (Wildman–Crippen LogP) is 3.75. The number of hydrogen-bond acceptors (Lipinski definition) is 3. The number of nitrogens with one attached hydrogen (secondary N) is 2. The number of aromatic nitrogens is 2. The number of hydrogen-bond donors (Lipinski definition) is 2. The quantitative estimate of drug-likeness (QED) is 0.598. The molecule has 24 heavy (non-hydrogen) atoms. The van der Waals surface area contributed by atoms with Crippen molar-refractivity contribution in [2.45, 2.75) is 0 Å². The molecule has 0 atom stereocenters. The molecule has 2 N–H and O–H groups in total. The van der Waals surface area contributed by atoms with Crippen LogP contribution in [-0.2, 0) is 10.0 Å². The first-order valence-electron chi connectivity index (χ1n) is 7.45. The van der Waals surface area contributed by atoms with Crippen LogP contribution in [-0.4, -0.2) is 24.9 Å². The Hall–Kier alpha value is -2.86. The largest absolute Gasteiger partial charge is 0.284 e. The SMILES string of the molecule is CS(=O)(=O)Nc1ccc2[nH]nc(-c3ccc4ccccc4c3)c2c1. The summed E-state index contributed by atoms with van der Waals surface area (Å²) in [6, 6.07) is 19.6. The van der Waals surface area contributed by atoms with Crippen LogP contribution in [0.4, 0.5) is 5.69 Å². The molecule has 5 nitrogen and oxygen atoms in total. The Labute approximate surface area is 139 Å². The molecular formula is C18H15N3O2S. The van der Waals surface area contributed by atoms with Crippen LogP contribution >= 0.6 is 0 Å². The highest BCUT2D eigenvalue weighted by Crippen LogP contribution is 2.30. The smallest absolute Gasteiger partial charge is 0.229 e. The highest BCUT2D eigenvalue weighted by molar-refractivity contribution is 7.92. The summed E-state index contributed by atoms with van der Waals surface area (Å²) in [5.74, 6) is 0. The molecule has 6 heteroatoms. The van der Waals surface area contributed by atoms with Crippen LogP contribution in [0.5, 0.6) is 0 Å². The van der Waals surface area contributed by atoms with E-state index in [0.29, 0.717) is 5.69 Å². The lowest BCUT2D eigenvalue weighted by Gasteiger charge is -2.05. The van der Waals surface area contributed by atoms with E-state index in [0.717, 1.165) is 33.8 Å². The molecule has 0 aliphatic heterocycles. The minimum atomic E-state index is -3.32. The van der Waals surface area contributed by atoms with E-state index < -0.39 is 10.0 Å². The highest BCUT2D eigenvalue weighted by atomic mass is 32.2. The van der Waals surface area contributed by atoms with Gasteiger partial charge in [0.2, 0.25) is 10.0 Å². The van der Waals surface area contributed by atoms with Gasteiger partial charge in [-0.1, -0.05) is 36.4 Å².